The predicted molar refractivity (Wildman–Crippen MR) is 73.7 cm³/mol. The number of nitrogens with one attached hydrogen (secondary N) is 1. The van der Waals surface area contributed by atoms with Crippen LogP contribution in [-0.4, -0.2) is 21.1 Å². The lowest BCUT2D eigenvalue weighted by molar-refractivity contribution is 0.401. The second-order valence-electron chi connectivity index (χ2n) is 4.53. The van der Waals surface area contributed by atoms with Crippen molar-refractivity contribution < 1.29 is 0 Å². The third kappa shape index (κ3) is 2.33. The van der Waals surface area contributed by atoms with Crippen molar-refractivity contribution in [1.29, 1.82) is 0 Å². The number of aromatic nitrogens is 3. The molecule has 1 unspecified atom stereocenters. The molecule has 0 radical (unpaired) electrons. The molecule has 0 amide bonds. The van der Waals surface area contributed by atoms with Gasteiger partial charge in [0.2, 0.25) is 0 Å². The second-order valence-corrected chi connectivity index (χ2v) is 5.44. The Balaban J connectivity index is 1.93. The molecule has 5 heteroatoms. The monoisotopic (exact) mass is 306 g/mol. The molecule has 0 aliphatic carbocycles. The summed E-state index contributed by atoms with van der Waals surface area (Å²) >= 11 is 3.40. The fraction of sp³-hybridized carbons (Fsp3) is 0.385. The van der Waals surface area contributed by atoms with Gasteiger partial charge >= 0.3 is 0 Å². The van der Waals surface area contributed by atoms with E-state index in [0.717, 1.165) is 16.8 Å². The predicted octanol–water partition coefficient (Wildman–Crippen LogP) is 2.84. The van der Waals surface area contributed by atoms with E-state index in [1.807, 2.05) is 30.9 Å². The minimum Gasteiger partial charge on any atom is -0.309 e. The number of halogens is 1. The van der Waals surface area contributed by atoms with Crippen LogP contribution in [-0.2, 0) is 0 Å². The highest BCUT2D eigenvalue weighted by molar-refractivity contribution is 9.10. The number of piperidine rings is 1. The molecule has 1 aliphatic heterocycles. The smallest absolute Gasteiger partial charge is 0.138 e. The third-order valence-electron chi connectivity index (χ3n) is 3.29. The maximum atomic E-state index is 4.42. The van der Waals surface area contributed by atoms with Gasteiger partial charge in [0.05, 0.1) is 11.9 Å². The van der Waals surface area contributed by atoms with E-state index >= 15 is 0 Å². The lowest BCUT2D eigenvalue weighted by atomic mass is 10.0. The molecule has 18 heavy (non-hydrogen) atoms. The normalized spacial score (nSPS) is 19.9. The minimum absolute atomic E-state index is 0.395. The average Bonchev–Trinajstić information content (AvgIpc) is 2.90. The van der Waals surface area contributed by atoms with E-state index < -0.39 is 0 Å². The summed E-state index contributed by atoms with van der Waals surface area (Å²) in [6.07, 6.45) is 9.29. The van der Waals surface area contributed by atoms with Gasteiger partial charge in [-0.15, -0.1) is 0 Å². The largest absolute Gasteiger partial charge is 0.309 e. The summed E-state index contributed by atoms with van der Waals surface area (Å²) in [7, 11) is 0. The maximum absolute atomic E-state index is 4.42. The SMILES string of the molecule is Brc1ccc(-n2cncc2C2CCCCN2)nc1. The lowest BCUT2D eigenvalue weighted by Gasteiger charge is -2.24. The molecule has 4 nitrogen and oxygen atoms in total. The van der Waals surface area contributed by atoms with Crippen molar-refractivity contribution in [3.8, 4) is 5.82 Å². The molecule has 2 aromatic heterocycles. The van der Waals surface area contributed by atoms with E-state index in [1.165, 1.54) is 25.0 Å². The van der Waals surface area contributed by atoms with Gasteiger partial charge in [0.1, 0.15) is 12.1 Å². The quantitative estimate of drug-likeness (QED) is 0.928. The van der Waals surface area contributed by atoms with E-state index in [9.17, 15) is 0 Å². The van der Waals surface area contributed by atoms with Crippen LogP contribution in [0, 0.1) is 0 Å². The van der Waals surface area contributed by atoms with E-state index in [-0.39, 0.29) is 0 Å². The molecule has 1 aliphatic rings. The van der Waals surface area contributed by atoms with E-state index in [1.54, 1.807) is 0 Å². The number of hydrogen-bond acceptors (Lipinski definition) is 3. The van der Waals surface area contributed by atoms with Crippen molar-refractivity contribution in [3.63, 3.8) is 0 Å². The Bertz CT molecular complexity index is 514. The van der Waals surface area contributed by atoms with Crippen LogP contribution in [0.15, 0.2) is 35.3 Å². The van der Waals surface area contributed by atoms with Crippen LogP contribution in [0.3, 0.4) is 0 Å². The Kier molecular flexibility index (Phi) is 3.43. The number of nitrogens with zero attached hydrogens (tertiary/aromatic N) is 3. The van der Waals surface area contributed by atoms with Gasteiger partial charge in [-0.2, -0.15) is 0 Å². The Morgan fingerprint density at radius 1 is 1.28 bits per heavy atom. The fourth-order valence-corrected chi connectivity index (χ4v) is 2.60. The molecule has 1 saturated heterocycles. The Hall–Kier alpha value is -1.20. The molecule has 3 heterocycles. The van der Waals surface area contributed by atoms with Crippen LogP contribution in [0.1, 0.15) is 31.0 Å². The molecule has 0 bridgehead atoms. The van der Waals surface area contributed by atoms with E-state index in [2.05, 4.69) is 35.8 Å². The van der Waals surface area contributed by atoms with Gasteiger partial charge in [0.25, 0.3) is 0 Å². The number of hydrogen-bond donors (Lipinski definition) is 1. The van der Waals surface area contributed by atoms with Crippen LogP contribution in [0.2, 0.25) is 0 Å². The van der Waals surface area contributed by atoms with Gasteiger partial charge in [-0.05, 0) is 47.4 Å². The standard InChI is InChI=1S/C13H15BrN4/c14-10-4-5-13(17-7-10)18-9-15-8-12(18)11-3-1-2-6-16-11/h4-5,7-9,11,16H,1-3,6H2. The van der Waals surface area contributed by atoms with Crippen LogP contribution in [0.4, 0.5) is 0 Å². The van der Waals surface area contributed by atoms with Gasteiger partial charge in [-0.3, -0.25) is 4.57 Å². The molecule has 94 valence electrons. The van der Waals surface area contributed by atoms with Crippen LogP contribution in [0.5, 0.6) is 0 Å². The highest BCUT2D eigenvalue weighted by atomic mass is 79.9. The Morgan fingerprint density at radius 3 is 2.94 bits per heavy atom. The van der Waals surface area contributed by atoms with Gasteiger partial charge in [0.15, 0.2) is 0 Å². The zero-order valence-electron chi connectivity index (χ0n) is 10.0. The van der Waals surface area contributed by atoms with Gasteiger partial charge in [-0.25, -0.2) is 9.97 Å². The zero-order chi connectivity index (χ0) is 12.4. The van der Waals surface area contributed by atoms with Crippen molar-refractivity contribution in [3.05, 3.63) is 41.0 Å². The molecule has 0 aromatic carbocycles. The molecule has 1 N–H and O–H groups in total. The van der Waals surface area contributed by atoms with Gasteiger partial charge in [0, 0.05) is 16.7 Å². The second kappa shape index (κ2) is 5.20. The van der Waals surface area contributed by atoms with Crippen molar-refractivity contribution in [2.75, 3.05) is 6.54 Å². The first-order valence-corrected chi connectivity index (χ1v) is 7.01. The van der Waals surface area contributed by atoms with Crippen molar-refractivity contribution in [1.82, 2.24) is 19.9 Å². The molecule has 3 rings (SSSR count). The summed E-state index contributed by atoms with van der Waals surface area (Å²) in [6, 6.07) is 4.39. The summed E-state index contributed by atoms with van der Waals surface area (Å²) in [5, 5.41) is 3.55. The van der Waals surface area contributed by atoms with Crippen LogP contribution in [0.25, 0.3) is 5.82 Å². The highest BCUT2D eigenvalue weighted by Crippen LogP contribution is 2.24. The van der Waals surface area contributed by atoms with Crippen molar-refractivity contribution in [2.24, 2.45) is 0 Å². The minimum atomic E-state index is 0.395. The molecule has 1 fully saturated rings. The first-order valence-electron chi connectivity index (χ1n) is 6.22. The Labute approximate surface area is 115 Å². The summed E-state index contributed by atoms with van der Waals surface area (Å²) < 4.78 is 3.05. The first kappa shape index (κ1) is 11.9. The fourth-order valence-electron chi connectivity index (χ4n) is 2.37. The van der Waals surface area contributed by atoms with Crippen molar-refractivity contribution in [2.45, 2.75) is 25.3 Å². The number of rotatable bonds is 2. The maximum Gasteiger partial charge on any atom is 0.138 e. The molecular weight excluding hydrogens is 292 g/mol. The molecule has 0 saturated carbocycles. The summed E-state index contributed by atoms with van der Waals surface area (Å²) in [5.74, 6) is 0.915. The topological polar surface area (TPSA) is 42.7 Å². The number of imidazole rings is 1. The summed E-state index contributed by atoms with van der Waals surface area (Å²) in [5.41, 5.74) is 1.20. The molecule has 0 spiro atoms. The van der Waals surface area contributed by atoms with Crippen LogP contribution < -0.4 is 5.32 Å². The molecular formula is C13H15BrN4. The number of pyridine rings is 1. The highest BCUT2D eigenvalue weighted by Gasteiger charge is 2.19. The average molecular weight is 307 g/mol. The van der Waals surface area contributed by atoms with Crippen molar-refractivity contribution >= 4 is 15.9 Å². The molecule has 2 aromatic rings. The van der Waals surface area contributed by atoms with E-state index in [4.69, 9.17) is 0 Å². The Morgan fingerprint density at radius 2 is 2.22 bits per heavy atom. The summed E-state index contributed by atoms with van der Waals surface area (Å²) in [4.78, 5) is 8.69. The lowest BCUT2D eigenvalue weighted by Crippen LogP contribution is -2.28. The van der Waals surface area contributed by atoms with Gasteiger partial charge in [-0.1, -0.05) is 6.42 Å². The summed E-state index contributed by atoms with van der Waals surface area (Å²) in [6.45, 7) is 1.09. The third-order valence-corrected chi connectivity index (χ3v) is 3.76. The zero-order valence-corrected chi connectivity index (χ0v) is 11.6. The van der Waals surface area contributed by atoms with E-state index in [0.29, 0.717) is 6.04 Å². The van der Waals surface area contributed by atoms with Gasteiger partial charge < -0.3 is 5.32 Å². The first-order chi connectivity index (χ1) is 8.84. The van der Waals surface area contributed by atoms with Crippen LogP contribution >= 0.6 is 15.9 Å². The molecule has 1 atom stereocenters.